The fraction of sp³-hybridized carbons (Fsp3) is 0. The monoisotopic (exact) mass is 234 g/mol. The van der Waals surface area contributed by atoms with E-state index in [2.05, 4.69) is 20.6 Å². The van der Waals surface area contributed by atoms with Gasteiger partial charge in [-0.3, -0.25) is 0 Å². The maximum atomic E-state index is 7.56. The molecule has 0 aliphatic rings. The molecule has 0 spiro atoms. The van der Waals surface area contributed by atoms with Crippen molar-refractivity contribution >= 4 is 24.9 Å². The Hall–Kier alpha value is -1.63. The van der Waals surface area contributed by atoms with Crippen LogP contribution >= 0.6 is 0 Å². The summed E-state index contributed by atoms with van der Waals surface area (Å²) in [5, 5.41) is 40.2. The van der Waals surface area contributed by atoms with E-state index in [-0.39, 0.29) is 16.5 Å². The minimum atomic E-state index is 0. The molecule has 9 heteroatoms. The van der Waals surface area contributed by atoms with Gasteiger partial charge in [0.15, 0.2) is 0 Å². The first-order valence-corrected chi connectivity index (χ1v) is 2.50. The zero-order chi connectivity index (χ0) is 9.66. The van der Waals surface area contributed by atoms with Gasteiger partial charge in [-0.25, -0.2) is 0 Å². The molecule has 0 unspecified atom stereocenters. The topological polar surface area (TPSA) is 130 Å². The van der Waals surface area contributed by atoms with E-state index in [0.717, 1.165) is 24.9 Å². The fourth-order valence-corrected chi connectivity index (χ4v) is 0.119. The van der Waals surface area contributed by atoms with Crippen LogP contribution in [0.5, 0.6) is 0 Å². The number of hydrogen-bond acceptors (Lipinski definition) is 8. The summed E-state index contributed by atoms with van der Waals surface area (Å²) in [5.74, 6) is 0. The van der Waals surface area contributed by atoms with E-state index in [1.54, 1.807) is 0 Å². The Bertz CT molecular complexity index is 141. The van der Waals surface area contributed by atoms with Crippen molar-refractivity contribution in [2.45, 2.75) is 0 Å². The predicted octanol–water partition coefficient (Wildman–Crippen LogP) is -0.190. The van der Waals surface area contributed by atoms with Gasteiger partial charge in [-0.1, -0.05) is 20.6 Å². The Kier molecular flexibility index (Phi) is 30.1. The Balaban J connectivity index is -0.000000143. The van der Waals surface area contributed by atoms with Crippen molar-refractivity contribution in [2.75, 3.05) is 0 Å². The molecular formula is C4H8N4NiO4. The van der Waals surface area contributed by atoms with Gasteiger partial charge >= 0.3 is 0 Å². The molecule has 0 saturated carbocycles. The summed E-state index contributed by atoms with van der Waals surface area (Å²) >= 11 is 0. The van der Waals surface area contributed by atoms with Gasteiger partial charge < -0.3 is 20.8 Å². The number of nitrogens with zero attached hydrogens (tertiary/aromatic N) is 4. The third kappa shape index (κ3) is 38.0. The maximum absolute atomic E-state index is 7.56. The van der Waals surface area contributed by atoms with E-state index in [1.165, 1.54) is 0 Å². The third-order valence-corrected chi connectivity index (χ3v) is 0.400. The normalized spacial score (nSPS) is 10.5. The Morgan fingerprint density at radius 2 is 0.692 bits per heavy atom. The largest absolute Gasteiger partial charge is 0.411 e. The van der Waals surface area contributed by atoms with E-state index >= 15 is 0 Å². The van der Waals surface area contributed by atoms with Crippen LogP contribution in [0.3, 0.4) is 0 Å². The van der Waals surface area contributed by atoms with Gasteiger partial charge in [0.05, 0.1) is 24.9 Å². The summed E-state index contributed by atoms with van der Waals surface area (Å²) in [4.78, 5) is 0. The molecular weight excluding hydrogens is 227 g/mol. The van der Waals surface area contributed by atoms with Crippen LogP contribution in [0, 0.1) is 0 Å². The van der Waals surface area contributed by atoms with Crippen molar-refractivity contribution in [3.05, 3.63) is 0 Å². The van der Waals surface area contributed by atoms with Crippen molar-refractivity contribution in [3.8, 4) is 0 Å². The van der Waals surface area contributed by atoms with Crippen LogP contribution < -0.4 is 0 Å². The molecule has 0 aliphatic carbocycles. The molecule has 0 rings (SSSR count). The molecule has 13 heavy (non-hydrogen) atoms. The van der Waals surface area contributed by atoms with Crippen LogP contribution in [-0.4, -0.2) is 45.7 Å². The molecule has 4 N–H and O–H groups in total. The molecule has 0 saturated heterocycles. The molecule has 0 bridgehead atoms. The van der Waals surface area contributed by atoms with E-state index in [1.807, 2.05) is 0 Å². The van der Waals surface area contributed by atoms with Crippen molar-refractivity contribution in [1.82, 2.24) is 0 Å². The summed E-state index contributed by atoms with van der Waals surface area (Å²) in [7, 11) is 0. The molecule has 0 atom stereocenters. The summed E-state index contributed by atoms with van der Waals surface area (Å²) in [5.41, 5.74) is 0. The van der Waals surface area contributed by atoms with Gasteiger partial charge in [0.25, 0.3) is 0 Å². The first kappa shape index (κ1) is 17.5. The SMILES string of the molecule is ON=CC=NO.ON=CC=NO.[Ni]. The molecule has 0 fully saturated rings. The predicted molar refractivity (Wildman–Crippen MR) is 41.1 cm³/mol. The molecule has 0 heterocycles. The average Bonchev–Trinajstić information content (AvgIpc) is 2.12. The van der Waals surface area contributed by atoms with Crippen LogP contribution in [0.1, 0.15) is 0 Å². The standard InChI is InChI=1S/2C2H4N2O2.Ni/c2*5-3-1-2-4-6;/h2*1-2,5-6H;. The van der Waals surface area contributed by atoms with Crippen LogP contribution in [0.4, 0.5) is 0 Å². The van der Waals surface area contributed by atoms with E-state index in [9.17, 15) is 0 Å². The van der Waals surface area contributed by atoms with Gasteiger partial charge in [0.2, 0.25) is 0 Å². The fourth-order valence-electron chi connectivity index (χ4n) is 0.119. The Labute approximate surface area is 83.5 Å². The molecule has 0 aromatic carbocycles. The van der Waals surface area contributed by atoms with E-state index in [4.69, 9.17) is 20.8 Å². The Morgan fingerprint density at radius 3 is 0.769 bits per heavy atom. The van der Waals surface area contributed by atoms with E-state index in [0.29, 0.717) is 0 Å². The molecule has 0 radical (unpaired) electrons. The van der Waals surface area contributed by atoms with Crippen molar-refractivity contribution in [1.29, 1.82) is 0 Å². The molecule has 0 amide bonds. The summed E-state index contributed by atoms with van der Waals surface area (Å²) in [6, 6.07) is 0. The molecule has 78 valence electrons. The number of hydrogen-bond donors (Lipinski definition) is 4. The van der Waals surface area contributed by atoms with Crippen LogP contribution in [0.2, 0.25) is 0 Å². The average molecular weight is 235 g/mol. The van der Waals surface area contributed by atoms with Gasteiger partial charge in [-0.2, -0.15) is 0 Å². The minimum Gasteiger partial charge on any atom is -0.411 e. The second-order valence-corrected chi connectivity index (χ2v) is 1.06. The number of oxime groups is 4. The minimum absolute atomic E-state index is 0. The van der Waals surface area contributed by atoms with Gasteiger partial charge in [-0.05, 0) is 0 Å². The quantitative estimate of drug-likeness (QED) is 0.228. The molecule has 0 aliphatic heterocycles. The van der Waals surface area contributed by atoms with E-state index < -0.39 is 0 Å². The Morgan fingerprint density at radius 1 is 0.538 bits per heavy atom. The van der Waals surface area contributed by atoms with Crippen molar-refractivity contribution in [2.24, 2.45) is 20.6 Å². The second kappa shape index (κ2) is 22.4. The van der Waals surface area contributed by atoms with Gasteiger partial charge in [-0.15, -0.1) is 0 Å². The summed E-state index contributed by atoms with van der Waals surface area (Å²) in [6.45, 7) is 0. The number of rotatable bonds is 2. The molecule has 0 aromatic heterocycles. The first-order valence-electron chi connectivity index (χ1n) is 2.50. The van der Waals surface area contributed by atoms with Gasteiger partial charge in [0, 0.05) is 16.5 Å². The van der Waals surface area contributed by atoms with Crippen LogP contribution in [0.15, 0.2) is 20.6 Å². The maximum Gasteiger partial charge on any atom is 0.0877 e. The third-order valence-electron chi connectivity index (χ3n) is 0.400. The smallest absolute Gasteiger partial charge is 0.0877 e. The van der Waals surface area contributed by atoms with Crippen LogP contribution in [-0.2, 0) is 16.5 Å². The van der Waals surface area contributed by atoms with Crippen molar-refractivity contribution in [3.63, 3.8) is 0 Å². The first-order chi connectivity index (χ1) is 5.83. The molecule has 0 aromatic rings. The van der Waals surface area contributed by atoms with Crippen molar-refractivity contribution < 1.29 is 37.3 Å². The van der Waals surface area contributed by atoms with Crippen LogP contribution in [0.25, 0.3) is 0 Å². The summed E-state index contributed by atoms with van der Waals surface area (Å²) < 4.78 is 0. The molecule has 8 nitrogen and oxygen atoms in total. The second-order valence-electron chi connectivity index (χ2n) is 1.06. The zero-order valence-electron chi connectivity index (χ0n) is 6.20. The summed E-state index contributed by atoms with van der Waals surface area (Å²) in [6.07, 6.45) is 3.78. The van der Waals surface area contributed by atoms with Gasteiger partial charge in [0.1, 0.15) is 0 Å². The zero-order valence-corrected chi connectivity index (χ0v) is 7.19.